The molecule has 0 spiro atoms. The number of ether oxygens (including phenoxy) is 1. The molecule has 3 rings (SSSR count). The standard InChI is InChI=1S/C21H27N3O2S/c1-4-10-23(11-5-2)21(25)17-15-27-20(22-17)19-14-16-8-6-7-9-18(16)24(19)12-13-26-3/h6-9,14-15H,4-5,10-13H2,1-3H3. The van der Waals surface area contributed by atoms with Crippen molar-refractivity contribution < 1.29 is 9.53 Å². The summed E-state index contributed by atoms with van der Waals surface area (Å²) in [7, 11) is 1.71. The van der Waals surface area contributed by atoms with Gasteiger partial charge in [0, 0.05) is 43.0 Å². The van der Waals surface area contributed by atoms with E-state index in [0.717, 1.165) is 48.7 Å². The van der Waals surface area contributed by atoms with Gasteiger partial charge >= 0.3 is 0 Å². The molecule has 0 saturated carbocycles. The zero-order chi connectivity index (χ0) is 19.2. The molecule has 0 unspecified atom stereocenters. The van der Waals surface area contributed by atoms with Gasteiger partial charge in [-0.05, 0) is 25.0 Å². The van der Waals surface area contributed by atoms with Crippen LogP contribution in [0.25, 0.3) is 21.6 Å². The number of thiazole rings is 1. The molecule has 144 valence electrons. The van der Waals surface area contributed by atoms with Gasteiger partial charge in [-0.25, -0.2) is 4.98 Å². The number of fused-ring (bicyclic) bond motifs is 1. The summed E-state index contributed by atoms with van der Waals surface area (Å²) in [6, 6.07) is 10.4. The van der Waals surface area contributed by atoms with Crippen molar-refractivity contribution in [3.8, 4) is 10.7 Å². The van der Waals surface area contributed by atoms with Crippen LogP contribution in [0.3, 0.4) is 0 Å². The Morgan fingerprint density at radius 3 is 2.67 bits per heavy atom. The SMILES string of the molecule is CCCN(CCC)C(=O)c1csc(-c2cc3ccccc3n2CCOC)n1. The van der Waals surface area contributed by atoms with Crippen molar-refractivity contribution in [3.63, 3.8) is 0 Å². The lowest BCUT2D eigenvalue weighted by molar-refractivity contribution is 0.0750. The van der Waals surface area contributed by atoms with Crippen LogP contribution in [0.4, 0.5) is 0 Å². The molecular weight excluding hydrogens is 358 g/mol. The quantitative estimate of drug-likeness (QED) is 0.538. The molecular formula is C21H27N3O2S. The molecule has 27 heavy (non-hydrogen) atoms. The van der Waals surface area contributed by atoms with Crippen molar-refractivity contribution in [2.24, 2.45) is 0 Å². The molecule has 0 radical (unpaired) electrons. The predicted octanol–water partition coefficient (Wildman–Crippen LogP) is 4.67. The first-order valence-corrected chi connectivity index (χ1v) is 10.4. The molecule has 2 aromatic heterocycles. The van der Waals surface area contributed by atoms with Gasteiger partial charge in [0.25, 0.3) is 5.91 Å². The van der Waals surface area contributed by atoms with E-state index < -0.39 is 0 Å². The minimum Gasteiger partial charge on any atom is -0.383 e. The zero-order valence-corrected chi connectivity index (χ0v) is 17.1. The van der Waals surface area contributed by atoms with Gasteiger partial charge in [-0.3, -0.25) is 4.79 Å². The molecule has 1 aromatic carbocycles. The fraction of sp³-hybridized carbons (Fsp3) is 0.429. The molecule has 0 saturated heterocycles. The zero-order valence-electron chi connectivity index (χ0n) is 16.3. The van der Waals surface area contributed by atoms with E-state index in [0.29, 0.717) is 12.3 Å². The molecule has 0 N–H and O–H groups in total. The van der Waals surface area contributed by atoms with Crippen molar-refractivity contribution in [2.45, 2.75) is 33.2 Å². The summed E-state index contributed by atoms with van der Waals surface area (Å²) < 4.78 is 7.51. The maximum absolute atomic E-state index is 12.8. The average molecular weight is 386 g/mol. The number of carbonyl (C=O) groups is 1. The molecule has 0 aliphatic carbocycles. The Morgan fingerprint density at radius 2 is 1.96 bits per heavy atom. The fourth-order valence-electron chi connectivity index (χ4n) is 3.32. The maximum Gasteiger partial charge on any atom is 0.273 e. The lowest BCUT2D eigenvalue weighted by Crippen LogP contribution is -2.32. The number of hydrogen-bond donors (Lipinski definition) is 0. The van der Waals surface area contributed by atoms with Crippen molar-refractivity contribution in [3.05, 3.63) is 41.4 Å². The smallest absolute Gasteiger partial charge is 0.273 e. The number of methoxy groups -OCH3 is 1. The Labute approximate surface area is 164 Å². The van der Waals surface area contributed by atoms with Crippen LogP contribution in [0.1, 0.15) is 37.2 Å². The van der Waals surface area contributed by atoms with E-state index in [1.165, 1.54) is 16.7 Å². The van der Waals surface area contributed by atoms with Crippen LogP contribution in [0.5, 0.6) is 0 Å². The van der Waals surface area contributed by atoms with Crippen molar-refractivity contribution in [1.29, 1.82) is 0 Å². The number of para-hydroxylation sites is 1. The first-order chi connectivity index (χ1) is 13.2. The van der Waals surface area contributed by atoms with Gasteiger partial charge in [-0.15, -0.1) is 11.3 Å². The number of rotatable bonds is 9. The molecule has 2 heterocycles. The third-order valence-corrected chi connectivity index (χ3v) is 5.41. The first kappa shape index (κ1) is 19.6. The topological polar surface area (TPSA) is 47.4 Å². The van der Waals surface area contributed by atoms with E-state index in [9.17, 15) is 4.79 Å². The second-order valence-electron chi connectivity index (χ2n) is 6.56. The highest BCUT2D eigenvalue weighted by molar-refractivity contribution is 7.13. The van der Waals surface area contributed by atoms with Gasteiger partial charge in [0.15, 0.2) is 0 Å². The van der Waals surface area contributed by atoms with E-state index in [4.69, 9.17) is 9.72 Å². The normalized spacial score (nSPS) is 11.2. The Bertz CT molecular complexity index is 894. The molecule has 1 amide bonds. The van der Waals surface area contributed by atoms with Crippen LogP contribution in [0.15, 0.2) is 35.7 Å². The minimum absolute atomic E-state index is 0.0285. The Balaban J connectivity index is 1.95. The third-order valence-electron chi connectivity index (χ3n) is 4.55. The van der Waals surface area contributed by atoms with Crippen LogP contribution < -0.4 is 0 Å². The largest absolute Gasteiger partial charge is 0.383 e. The molecule has 5 nitrogen and oxygen atoms in total. The summed E-state index contributed by atoms with van der Waals surface area (Å²) in [5.74, 6) is 0.0285. The Morgan fingerprint density at radius 1 is 1.22 bits per heavy atom. The number of hydrogen-bond acceptors (Lipinski definition) is 4. The fourth-order valence-corrected chi connectivity index (χ4v) is 4.14. The van der Waals surface area contributed by atoms with E-state index >= 15 is 0 Å². The highest BCUT2D eigenvalue weighted by atomic mass is 32.1. The average Bonchev–Trinajstić information content (AvgIpc) is 3.30. The van der Waals surface area contributed by atoms with Crippen molar-refractivity contribution >= 4 is 28.1 Å². The lowest BCUT2D eigenvalue weighted by atomic mass is 10.2. The Hall–Kier alpha value is -2.18. The number of benzene rings is 1. The third kappa shape index (κ3) is 4.22. The summed E-state index contributed by atoms with van der Waals surface area (Å²) >= 11 is 1.53. The molecule has 0 atom stereocenters. The monoisotopic (exact) mass is 385 g/mol. The van der Waals surface area contributed by atoms with Gasteiger partial charge in [0.2, 0.25) is 0 Å². The van der Waals surface area contributed by atoms with E-state index in [1.54, 1.807) is 7.11 Å². The molecule has 0 aliphatic rings. The number of nitrogens with zero attached hydrogens (tertiary/aromatic N) is 3. The molecule has 3 aromatic rings. The van der Waals surface area contributed by atoms with E-state index in [-0.39, 0.29) is 5.91 Å². The number of carbonyl (C=O) groups excluding carboxylic acids is 1. The molecule has 6 heteroatoms. The second-order valence-corrected chi connectivity index (χ2v) is 7.42. The number of amides is 1. The highest BCUT2D eigenvalue weighted by Gasteiger charge is 2.20. The molecule has 0 aliphatic heterocycles. The van der Waals surface area contributed by atoms with Crippen molar-refractivity contribution in [2.75, 3.05) is 26.8 Å². The predicted molar refractivity (Wildman–Crippen MR) is 111 cm³/mol. The summed E-state index contributed by atoms with van der Waals surface area (Å²) in [6.45, 7) is 7.11. The van der Waals surface area contributed by atoms with Crippen LogP contribution in [0.2, 0.25) is 0 Å². The minimum atomic E-state index is 0.0285. The summed E-state index contributed by atoms with van der Waals surface area (Å²) in [5, 5.41) is 3.93. The summed E-state index contributed by atoms with van der Waals surface area (Å²) in [5.41, 5.74) is 2.74. The van der Waals surface area contributed by atoms with Gasteiger partial charge < -0.3 is 14.2 Å². The lowest BCUT2D eigenvalue weighted by Gasteiger charge is -2.20. The van der Waals surface area contributed by atoms with Crippen LogP contribution in [-0.4, -0.2) is 47.2 Å². The van der Waals surface area contributed by atoms with Crippen LogP contribution in [0, 0.1) is 0 Å². The molecule has 0 bridgehead atoms. The molecule has 0 fully saturated rings. The van der Waals surface area contributed by atoms with Gasteiger partial charge in [-0.1, -0.05) is 32.0 Å². The Kier molecular flexibility index (Phi) is 6.63. The highest BCUT2D eigenvalue weighted by Crippen LogP contribution is 2.30. The second kappa shape index (κ2) is 9.15. The van der Waals surface area contributed by atoms with Crippen molar-refractivity contribution in [1.82, 2.24) is 14.5 Å². The van der Waals surface area contributed by atoms with Crippen LogP contribution >= 0.6 is 11.3 Å². The number of aromatic nitrogens is 2. The summed E-state index contributed by atoms with van der Waals surface area (Å²) in [4.78, 5) is 19.4. The van der Waals surface area contributed by atoms with Gasteiger partial charge in [0.1, 0.15) is 10.7 Å². The van der Waals surface area contributed by atoms with Gasteiger partial charge in [-0.2, -0.15) is 0 Å². The summed E-state index contributed by atoms with van der Waals surface area (Å²) in [6.07, 6.45) is 1.90. The van der Waals surface area contributed by atoms with Crippen LogP contribution in [-0.2, 0) is 11.3 Å². The van der Waals surface area contributed by atoms with E-state index in [2.05, 4.69) is 36.6 Å². The van der Waals surface area contributed by atoms with E-state index in [1.807, 2.05) is 22.4 Å². The van der Waals surface area contributed by atoms with Gasteiger partial charge in [0.05, 0.1) is 12.3 Å². The first-order valence-electron chi connectivity index (χ1n) is 9.52. The maximum atomic E-state index is 12.8.